The first-order valence-corrected chi connectivity index (χ1v) is 16.9. The Bertz CT molecular complexity index is 1380. The summed E-state index contributed by atoms with van der Waals surface area (Å²) < 4.78 is 140. The van der Waals surface area contributed by atoms with E-state index in [-0.39, 0.29) is 22.8 Å². The van der Waals surface area contributed by atoms with Gasteiger partial charge in [0, 0.05) is 6.42 Å². The predicted molar refractivity (Wildman–Crippen MR) is 175 cm³/mol. The molecule has 0 aliphatic carbocycles. The summed E-state index contributed by atoms with van der Waals surface area (Å²) in [4.78, 5) is 0. The smallest absolute Gasteiger partial charge is 0.490 e. The fourth-order valence-corrected chi connectivity index (χ4v) is 6.06. The van der Waals surface area contributed by atoms with E-state index in [0.29, 0.717) is 10.9 Å². The highest BCUT2D eigenvalue weighted by molar-refractivity contribution is 6.39. The minimum atomic E-state index is -4.68. The molecule has 0 heterocycles. The van der Waals surface area contributed by atoms with Gasteiger partial charge in [0.05, 0.1) is 41.9 Å². The molecule has 1 atom stereocenters. The van der Waals surface area contributed by atoms with Crippen molar-refractivity contribution in [3.8, 4) is 17.2 Å². The van der Waals surface area contributed by atoms with Gasteiger partial charge < -0.3 is 18.4 Å². The molecule has 0 aliphatic heterocycles. The zero-order valence-corrected chi connectivity index (χ0v) is 28.7. The third-order valence-corrected chi connectivity index (χ3v) is 8.67. The molecular formula is C36H44BF9NO3+. The van der Waals surface area contributed by atoms with Crippen LogP contribution in [0.15, 0.2) is 66.7 Å². The lowest BCUT2D eigenvalue weighted by Gasteiger charge is -2.46. The van der Waals surface area contributed by atoms with Crippen LogP contribution in [-0.2, 0) is 18.5 Å². The molecule has 14 heteroatoms. The van der Waals surface area contributed by atoms with Crippen LogP contribution >= 0.6 is 0 Å². The van der Waals surface area contributed by atoms with E-state index in [4.69, 9.17) is 14.0 Å². The first kappa shape index (κ1) is 40.9. The maximum atomic E-state index is 14.2. The van der Waals surface area contributed by atoms with Crippen molar-refractivity contribution < 1.29 is 58.0 Å². The molecule has 1 unspecified atom stereocenters. The fraction of sp³-hybridized carbons (Fsp3) is 0.500. The first-order valence-electron chi connectivity index (χ1n) is 16.9. The number of alkyl halides is 9. The molecule has 0 aliphatic rings. The topological polar surface area (TPSA) is 27.7 Å². The zero-order valence-electron chi connectivity index (χ0n) is 28.7. The number of hydrogen-bond acceptors (Lipinski definition) is 3. The predicted octanol–water partition coefficient (Wildman–Crippen LogP) is 11.9. The maximum Gasteiger partial charge on any atom is 0.864 e. The summed E-state index contributed by atoms with van der Waals surface area (Å²) in [6.07, 6.45) is -8.31. The molecule has 3 rings (SSSR count). The van der Waals surface area contributed by atoms with Crippen molar-refractivity contribution in [1.82, 2.24) is 0 Å². The molecular weight excluding hydrogens is 676 g/mol. The van der Waals surface area contributed by atoms with Crippen LogP contribution in [0.3, 0.4) is 0 Å². The molecule has 0 aromatic heterocycles. The van der Waals surface area contributed by atoms with Crippen LogP contribution in [0, 0.1) is 0 Å². The lowest BCUT2D eigenvalue weighted by Crippen LogP contribution is -2.52. The van der Waals surface area contributed by atoms with E-state index in [1.54, 1.807) is 0 Å². The minimum absolute atomic E-state index is 0.0133. The van der Waals surface area contributed by atoms with Gasteiger partial charge >= 0.3 is 25.9 Å². The number of hydrogen-bond donors (Lipinski definition) is 0. The number of rotatable bonds is 18. The van der Waals surface area contributed by atoms with Crippen LogP contribution in [0.1, 0.15) is 101 Å². The molecule has 0 radical (unpaired) electrons. The van der Waals surface area contributed by atoms with E-state index < -0.39 is 48.6 Å². The fourth-order valence-electron chi connectivity index (χ4n) is 6.06. The highest BCUT2D eigenvalue weighted by atomic mass is 19.4. The van der Waals surface area contributed by atoms with Gasteiger partial charge in [0.25, 0.3) is 0 Å². The maximum absolute atomic E-state index is 14.2. The van der Waals surface area contributed by atoms with E-state index >= 15 is 0 Å². The number of quaternary nitrogens is 1. The summed E-state index contributed by atoms with van der Waals surface area (Å²) in [5.74, 6) is -0.301. The second-order valence-electron chi connectivity index (χ2n) is 12.3. The second-order valence-corrected chi connectivity index (χ2v) is 12.3. The summed E-state index contributed by atoms with van der Waals surface area (Å²) in [6.45, 7) is 10.2. The third kappa shape index (κ3) is 11.2. The molecule has 3 aromatic carbocycles. The molecule has 276 valence electrons. The quantitative estimate of drug-likeness (QED) is 0.0744. The lowest BCUT2D eigenvalue weighted by molar-refractivity contribution is -0.958. The highest BCUT2D eigenvalue weighted by Crippen LogP contribution is 2.42. The summed E-state index contributed by atoms with van der Waals surface area (Å²) in [5.41, 5.74) is -2.55. The van der Waals surface area contributed by atoms with Crippen LogP contribution in [0.4, 0.5) is 39.5 Å². The van der Waals surface area contributed by atoms with Crippen LogP contribution in [0.25, 0.3) is 0 Å². The molecule has 0 bridgehead atoms. The Balaban J connectivity index is 2.16. The molecule has 0 fully saturated rings. The molecule has 0 N–H and O–H groups in total. The van der Waals surface area contributed by atoms with Gasteiger partial charge in [0.15, 0.2) is 0 Å². The Morgan fingerprint density at radius 1 is 0.540 bits per heavy atom. The molecule has 0 saturated carbocycles. The Morgan fingerprint density at radius 3 is 1.26 bits per heavy atom. The second kappa shape index (κ2) is 17.6. The Hall–Kier alpha value is -3.55. The summed E-state index contributed by atoms with van der Waals surface area (Å²) in [5, 5.41) is 0. The Labute approximate surface area is 288 Å². The minimum Gasteiger partial charge on any atom is -0.490 e. The summed E-state index contributed by atoms with van der Waals surface area (Å²) >= 11 is 0. The first-order chi connectivity index (χ1) is 23.5. The van der Waals surface area contributed by atoms with Gasteiger partial charge in [-0.25, -0.2) is 0 Å². The van der Waals surface area contributed by atoms with Crippen molar-refractivity contribution in [1.29, 1.82) is 0 Å². The van der Waals surface area contributed by atoms with E-state index in [2.05, 4.69) is 20.8 Å². The molecule has 50 heavy (non-hydrogen) atoms. The van der Waals surface area contributed by atoms with Crippen molar-refractivity contribution in [2.45, 2.75) is 97.2 Å². The van der Waals surface area contributed by atoms with Crippen molar-refractivity contribution in [2.24, 2.45) is 0 Å². The number of unbranched alkanes of at least 4 members (excludes halogenated alkanes) is 3. The van der Waals surface area contributed by atoms with E-state index in [0.717, 1.165) is 125 Å². The van der Waals surface area contributed by atoms with Crippen LogP contribution in [0.2, 0.25) is 0 Å². The van der Waals surface area contributed by atoms with Crippen LogP contribution in [-0.4, -0.2) is 31.4 Å². The third-order valence-electron chi connectivity index (χ3n) is 8.67. The standard InChI is InChI=1S/C36H44BF9NO3/c1-5-9-22-47(23-10-6-2,24-11-7-3)32(8-4)31-25-28(36(44,45)46)16-21-33(31)50-37(48-29-17-12-26(13-18-29)34(38,39)40)49-30-19-14-27(15-20-30)35(41,42)43/h12-21,25,32H,5-11,22-24H2,1-4H3/q+1. The Kier molecular flexibility index (Phi) is 14.4. The number of nitrogens with zero attached hydrogens (tertiary/aromatic N) is 1. The van der Waals surface area contributed by atoms with E-state index in [1.165, 1.54) is 0 Å². The van der Waals surface area contributed by atoms with Crippen molar-refractivity contribution >= 4 is 7.32 Å². The van der Waals surface area contributed by atoms with Crippen LogP contribution < -0.4 is 14.0 Å². The van der Waals surface area contributed by atoms with Crippen molar-refractivity contribution in [3.63, 3.8) is 0 Å². The average molecular weight is 721 g/mol. The largest absolute Gasteiger partial charge is 0.864 e. The van der Waals surface area contributed by atoms with Gasteiger partial charge in [0.1, 0.15) is 23.3 Å². The summed E-state index contributed by atoms with van der Waals surface area (Å²) in [7, 11) is -1.82. The van der Waals surface area contributed by atoms with Gasteiger partial charge in [0.2, 0.25) is 0 Å². The van der Waals surface area contributed by atoms with Gasteiger partial charge in [-0.1, -0.05) is 47.0 Å². The summed E-state index contributed by atoms with van der Waals surface area (Å²) in [6, 6.07) is 9.75. The van der Waals surface area contributed by atoms with Crippen molar-refractivity contribution in [3.05, 3.63) is 89.0 Å². The van der Waals surface area contributed by atoms with Crippen molar-refractivity contribution in [2.75, 3.05) is 19.6 Å². The normalized spacial score (nSPS) is 13.2. The van der Waals surface area contributed by atoms with Crippen LogP contribution in [0.5, 0.6) is 17.2 Å². The molecule has 0 amide bonds. The Morgan fingerprint density at radius 2 is 0.920 bits per heavy atom. The number of benzene rings is 3. The van der Waals surface area contributed by atoms with Gasteiger partial charge in [-0.15, -0.1) is 0 Å². The van der Waals surface area contributed by atoms with E-state index in [1.807, 2.05) is 6.92 Å². The zero-order chi connectivity index (χ0) is 37.2. The lowest BCUT2D eigenvalue weighted by atomic mass is 9.94. The highest BCUT2D eigenvalue weighted by Gasteiger charge is 2.42. The van der Waals surface area contributed by atoms with E-state index in [9.17, 15) is 39.5 Å². The van der Waals surface area contributed by atoms with Gasteiger partial charge in [-0.3, -0.25) is 0 Å². The monoisotopic (exact) mass is 720 g/mol. The number of halogens is 9. The SMILES string of the molecule is CCCC[N+](CCCC)(CCCC)C(CC)c1cc(C(F)(F)F)ccc1OB(Oc1ccc(C(F)(F)F)cc1)Oc1ccc(C(F)(F)F)cc1. The molecule has 4 nitrogen and oxygen atoms in total. The molecule has 0 saturated heterocycles. The van der Waals surface area contributed by atoms with Gasteiger partial charge in [-0.2, -0.15) is 39.5 Å². The average Bonchev–Trinajstić information content (AvgIpc) is 3.05. The molecule has 0 spiro atoms. The van der Waals surface area contributed by atoms with Gasteiger partial charge in [-0.05, 0) is 86.0 Å². The molecule has 3 aromatic rings.